The lowest BCUT2D eigenvalue weighted by atomic mass is 10.1. The maximum atomic E-state index is 10.4. The zero-order valence-electron chi connectivity index (χ0n) is 13.0. The van der Waals surface area contributed by atoms with Crippen molar-refractivity contribution >= 4 is 0 Å². The van der Waals surface area contributed by atoms with Gasteiger partial charge >= 0.3 is 0 Å². The van der Waals surface area contributed by atoms with Crippen LogP contribution in [0.3, 0.4) is 0 Å². The molecule has 0 saturated heterocycles. The van der Waals surface area contributed by atoms with E-state index < -0.39 is 6.10 Å². The van der Waals surface area contributed by atoms with Gasteiger partial charge in [-0.15, -0.1) is 0 Å². The molecule has 114 valence electrons. The highest BCUT2D eigenvalue weighted by Gasteiger charge is 2.11. The Morgan fingerprint density at radius 2 is 1.95 bits per heavy atom. The molecule has 0 radical (unpaired) electrons. The molecule has 4 nitrogen and oxygen atoms in total. The lowest BCUT2D eigenvalue weighted by molar-refractivity contribution is 0.155. The highest BCUT2D eigenvalue weighted by atomic mass is 16.5. The minimum absolute atomic E-state index is 0.156. The number of aliphatic hydroxyl groups is 1. The third-order valence-corrected chi connectivity index (χ3v) is 3.28. The normalized spacial score (nSPS) is 12.6. The largest absolute Gasteiger partial charge is 0.491 e. The van der Waals surface area contributed by atoms with E-state index >= 15 is 0 Å². The Labute approximate surface area is 126 Å². The molecule has 0 fully saturated rings. The van der Waals surface area contributed by atoms with Crippen molar-refractivity contribution in [1.82, 2.24) is 9.55 Å². The van der Waals surface area contributed by atoms with Crippen LogP contribution < -0.4 is 4.74 Å². The second-order valence-corrected chi connectivity index (χ2v) is 5.50. The van der Waals surface area contributed by atoms with E-state index in [4.69, 9.17) is 4.74 Å². The molecule has 4 heteroatoms. The summed E-state index contributed by atoms with van der Waals surface area (Å²) < 4.78 is 7.63. The number of aryl methyl sites for hydroxylation is 1. The van der Waals surface area contributed by atoms with Crippen molar-refractivity contribution in [3.63, 3.8) is 0 Å². The maximum absolute atomic E-state index is 10.4. The van der Waals surface area contributed by atoms with Gasteiger partial charge in [0.25, 0.3) is 0 Å². The van der Waals surface area contributed by atoms with Gasteiger partial charge in [0.15, 0.2) is 0 Å². The van der Waals surface area contributed by atoms with Gasteiger partial charge in [-0.05, 0) is 38.0 Å². The summed E-state index contributed by atoms with van der Waals surface area (Å²) in [6.07, 6.45) is 5.31. The predicted octanol–water partition coefficient (Wildman–Crippen LogP) is 3.36. The standard InChI is InChI=1S/C17H24N2O2/c1-4-5-17-18-10-11-19(17)12-16(20)14-6-8-15(9-7-14)21-13(2)3/h6-11,13,16,20H,4-5,12H2,1-3H3. The summed E-state index contributed by atoms with van der Waals surface area (Å²) in [4.78, 5) is 4.33. The molecule has 0 bridgehead atoms. The zero-order chi connectivity index (χ0) is 15.2. The van der Waals surface area contributed by atoms with Crippen molar-refractivity contribution < 1.29 is 9.84 Å². The maximum Gasteiger partial charge on any atom is 0.119 e. The van der Waals surface area contributed by atoms with Crippen LogP contribution in [0.2, 0.25) is 0 Å². The van der Waals surface area contributed by atoms with Crippen LogP contribution in [0.4, 0.5) is 0 Å². The van der Waals surface area contributed by atoms with Crippen LogP contribution in [-0.2, 0) is 13.0 Å². The summed E-state index contributed by atoms with van der Waals surface area (Å²) in [6.45, 7) is 6.65. The van der Waals surface area contributed by atoms with Gasteiger partial charge in [-0.2, -0.15) is 0 Å². The minimum atomic E-state index is -0.539. The number of nitrogens with zero attached hydrogens (tertiary/aromatic N) is 2. The van der Waals surface area contributed by atoms with E-state index in [1.807, 2.05) is 48.9 Å². The fourth-order valence-electron chi connectivity index (χ4n) is 2.29. The summed E-state index contributed by atoms with van der Waals surface area (Å²) in [5.41, 5.74) is 0.891. The SMILES string of the molecule is CCCc1nccn1CC(O)c1ccc(OC(C)C)cc1. The molecule has 2 rings (SSSR count). The monoisotopic (exact) mass is 288 g/mol. The van der Waals surface area contributed by atoms with Crippen LogP contribution in [0, 0.1) is 0 Å². The summed E-state index contributed by atoms with van der Waals surface area (Å²) in [5.74, 6) is 1.85. The van der Waals surface area contributed by atoms with Gasteiger partial charge < -0.3 is 14.4 Å². The molecule has 1 atom stereocenters. The molecule has 1 aromatic heterocycles. The van der Waals surface area contributed by atoms with E-state index in [-0.39, 0.29) is 6.10 Å². The molecule has 0 aliphatic rings. The number of hydrogen-bond acceptors (Lipinski definition) is 3. The van der Waals surface area contributed by atoms with E-state index in [9.17, 15) is 5.11 Å². The molecular weight excluding hydrogens is 264 g/mol. The highest BCUT2D eigenvalue weighted by Crippen LogP contribution is 2.20. The summed E-state index contributed by atoms with van der Waals surface area (Å²) in [7, 11) is 0. The van der Waals surface area contributed by atoms with Crippen molar-refractivity contribution in [2.75, 3.05) is 0 Å². The Bertz CT molecular complexity index is 546. The number of aromatic nitrogens is 2. The molecule has 1 heterocycles. The smallest absolute Gasteiger partial charge is 0.119 e. The minimum Gasteiger partial charge on any atom is -0.491 e. The first-order valence-corrected chi connectivity index (χ1v) is 7.54. The first kappa shape index (κ1) is 15.6. The van der Waals surface area contributed by atoms with Gasteiger partial charge in [-0.1, -0.05) is 19.1 Å². The Morgan fingerprint density at radius 3 is 2.57 bits per heavy atom. The number of rotatable bonds is 7. The van der Waals surface area contributed by atoms with Crippen LogP contribution in [0.5, 0.6) is 5.75 Å². The lowest BCUT2D eigenvalue weighted by Gasteiger charge is -2.15. The van der Waals surface area contributed by atoms with Crippen molar-refractivity contribution in [1.29, 1.82) is 0 Å². The van der Waals surface area contributed by atoms with Crippen molar-refractivity contribution in [2.45, 2.75) is 52.4 Å². The van der Waals surface area contributed by atoms with Gasteiger partial charge in [0, 0.05) is 18.8 Å². The molecule has 0 spiro atoms. The number of ether oxygens (including phenoxy) is 1. The third-order valence-electron chi connectivity index (χ3n) is 3.28. The molecule has 0 saturated carbocycles. The third kappa shape index (κ3) is 4.33. The average molecular weight is 288 g/mol. The topological polar surface area (TPSA) is 47.3 Å². The summed E-state index contributed by atoms with van der Waals surface area (Å²) in [6, 6.07) is 7.64. The lowest BCUT2D eigenvalue weighted by Crippen LogP contribution is -2.11. The summed E-state index contributed by atoms with van der Waals surface area (Å²) in [5, 5.41) is 10.4. The zero-order valence-corrected chi connectivity index (χ0v) is 13.0. The number of aliphatic hydroxyl groups excluding tert-OH is 1. The van der Waals surface area contributed by atoms with Gasteiger partial charge in [0.05, 0.1) is 18.8 Å². The van der Waals surface area contributed by atoms with E-state index in [2.05, 4.69) is 11.9 Å². The van der Waals surface area contributed by atoms with Crippen molar-refractivity contribution in [3.05, 3.63) is 48.0 Å². The molecule has 0 aliphatic heterocycles. The second-order valence-electron chi connectivity index (χ2n) is 5.50. The molecule has 2 aromatic rings. The Balaban J connectivity index is 2.02. The first-order chi connectivity index (χ1) is 10.1. The number of hydrogen-bond donors (Lipinski definition) is 1. The van der Waals surface area contributed by atoms with Crippen LogP contribution in [-0.4, -0.2) is 20.8 Å². The van der Waals surface area contributed by atoms with E-state index in [0.717, 1.165) is 30.0 Å². The molecule has 1 aromatic carbocycles. The molecular formula is C17H24N2O2. The first-order valence-electron chi connectivity index (χ1n) is 7.54. The molecule has 21 heavy (non-hydrogen) atoms. The number of imidazole rings is 1. The fraction of sp³-hybridized carbons (Fsp3) is 0.471. The van der Waals surface area contributed by atoms with Crippen LogP contribution in [0.25, 0.3) is 0 Å². The van der Waals surface area contributed by atoms with E-state index in [1.165, 1.54) is 0 Å². The quantitative estimate of drug-likeness (QED) is 0.850. The van der Waals surface area contributed by atoms with E-state index in [1.54, 1.807) is 6.20 Å². The second kappa shape index (κ2) is 7.27. The van der Waals surface area contributed by atoms with Gasteiger partial charge in [-0.3, -0.25) is 0 Å². The highest BCUT2D eigenvalue weighted by molar-refractivity contribution is 5.28. The van der Waals surface area contributed by atoms with Crippen molar-refractivity contribution in [3.8, 4) is 5.75 Å². The van der Waals surface area contributed by atoms with Gasteiger partial charge in [-0.25, -0.2) is 4.98 Å². The molecule has 1 N–H and O–H groups in total. The Hall–Kier alpha value is -1.81. The molecule has 1 unspecified atom stereocenters. The van der Waals surface area contributed by atoms with Crippen LogP contribution >= 0.6 is 0 Å². The Morgan fingerprint density at radius 1 is 1.24 bits per heavy atom. The molecule has 0 amide bonds. The van der Waals surface area contributed by atoms with Crippen molar-refractivity contribution in [2.24, 2.45) is 0 Å². The van der Waals surface area contributed by atoms with E-state index in [0.29, 0.717) is 6.54 Å². The van der Waals surface area contributed by atoms with Crippen LogP contribution in [0.15, 0.2) is 36.7 Å². The van der Waals surface area contributed by atoms with Crippen LogP contribution in [0.1, 0.15) is 44.7 Å². The predicted molar refractivity (Wildman–Crippen MR) is 83.4 cm³/mol. The average Bonchev–Trinajstić information content (AvgIpc) is 2.86. The fourth-order valence-corrected chi connectivity index (χ4v) is 2.29. The molecule has 0 aliphatic carbocycles. The Kier molecular flexibility index (Phi) is 5.39. The number of benzene rings is 1. The van der Waals surface area contributed by atoms with Gasteiger partial charge in [0.1, 0.15) is 11.6 Å². The summed E-state index contributed by atoms with van der Waals surface area (Å²) >= 11 is 0. The van der Waals surface area contributed by atoms with Gasteiger partial charge in [0.2, 0.25) is 0 Å².